The van der Waals surface area contributed by atoms with Gasteiger partial charge in [0.15, 0.2) is 0 Å². The van der Waals surface area contributed by atoms with E-state index in [-0.39, 0.29) is 12.3 Å². The lowest BCUT2D eigenvalue weighted by molar-refractivity contribution is -0.123. The number of hydrogen-bond donors (Lipinski definition) is 1. The molecule has 1 fully saturated rings. The third kappa shape index (κ3) is 1.99. The number of pyridine rings is 1. The van der Waals surface area contributed by atoms with Crippen molar-refractivity contribution < 1.29 is 9.59 Å². The fourth-order valence-electron chi connectivity index (χ4n) is 1.71. The summed E-state index contributed by atoms with van der Waals surface area (Å²) in [5.74, 6) is -0.985. The smallest absolute Gasteiger partial charge is 0.227 e. The third-order valence-electron chi connectivity index (χ3n) is 2.55. The summed E-state index contributed by atoms with van der Waals surface area (Å²) in [4.78, 5) is 28.0. The number of amides is 2. The van der Waals surface area contributed by atoms with Crippen molar-refractivity contribution in [1.82, 2.24) is 4.98 Å². The fraction of sp³-hybridized carbons (Fsp3) is 0.300. The first-order valence-corrected chi connectivity index (χ1v) is 5.17. The van der Waals surface area contributed by atoms with Gasteiger partial charge in [-0.3, -0.25) is 9.59 Å². The minimum Gasteiger partial charge on any atom is -0.369 e. The number of carbonyl (C=O) groups is 2. The number of halogens is 1. The highest BCUT2D eigenvalue weighted by molar-refractivity contribution is 6.29. The van der Waals surface area contributed by atoms with Crippen LogP contribution in [0.1, 0.15) is 6.42 Å². The lowest BCUT2D eigenvalue weighted by Gasteiger charge is -2.15. The van der Waals surface area contributed by atoms with Crippen LogP contribution in [0.3, 0.4) is 0 Å². The first-order chi connectivity index (χ1) is 7.58. The van der Waals surface area contributed by atoms with Crippen molar-refractivity contribution in [3.8, 4) is 0 Å². The minimum absolute atomic E-state index is 0.119. The van der Waals surface area contributed by atoms with Crippen LogP contribution in [0.15, 0.2) is 18.3 Å². The second-order valence-corrected chi connectivity index (χ2v) is 4.03. The molecule has 1 aromatic heterocycles. The SMILES string of the molecule is NC(=O)C1CC(=O)N(c2ccnc(Cl)c2)C1. The van der Waals surface area contributed by atoms with Crippen molar-refractivity contribution in [3.05, 3.63) is 23.5 Å². The van der Waals surface area contributed by atoms with Crippen LogP contribution in [-0.2, 0) is 9.59 Å². The van der Waals surface area contributed by atoms with E-state index in [2.05, 4.69) is 4.98 Å². The second kappa shape index (κ2) is 4.09. The Morgan fingerprint density at radius 2 is 2.38 bits per heavy atom. The molecule has 0 saturated carbocycles. The molecule has 1 aliphatic rings. The van der Waals surface area contributed by atoms with Crippen LogP contribution in [0.4, 0.5) is 5.69 Å². The molecule has 0 bridgehead atoms. The van der Waals surface area contributed by atoms with Gasteiger partial charge in [-0.05, 0) is 12.1 Å². The van der Waals surface area contributed by atoms with Gasteiger partial charge in [-0.2, -0.15) is 0 Å². The molecule has 0 spiro atoms. The predicted octanol–water partition coefficient (Wildman–Crippen LogP) is 0.573. The zero-order valence-electron chi connectivity index (χ0n) is 8.39. The summed E-state index contributed by atoms with van der Waals surface area (Å²) in [6.45, 7) is 0.314. The monoisotopic (exact) mass is 239 g/mol. The van der Waals surface area contributed by atoms with E-state index in [0.717, 1.165) is 0 Å². The van der Waals surface area contributed by atoms with E-state index < -0.39 is 11.8 Å². The third-order valence-corrected chi connectivity index (χ3v) is 2.76. The van der Waals surface area contributed by atoms with Crippen molar-refractivity contribution >= 4 is 29.1 Å². The number of nitrogens with two attached hydrogens (primary N) is 1. The predicted molar refractivity (Wildman–Crippen MR) is 58.9 cm³/mol. The van der Waals surface area contributed by atoms with Gasteiger partial charge in [0.05, 0.1) is 5.92 Å². The summed E-state index contributed by atoms with van der Waals surface area (Å²) in [5.41, 5.74) is 5.82. The number of nitrogens with zero attached hydrogens (tertiary/aromatic N) is 2. The molecule has 5 nitrogen and oxygen atoms in total. The molecule has 0 aromatic carbocycles. The summed E-state index contributed by atoms with van der Waals surface area (Å²) < 4.78 is 0. The fourth-order valence-corrected chi connectivity index (χ4v) is 1.88. The highest BCUT2D eigenvalue weighted by Crippen LogP contribution is 2.25. The Morgan fingerprint density at radius 3 is 2.94 bits per heavy atom. The first kappa shape index (κ1) is 10.9. The van der Waals surface area contributed by atoms with E-state index in [1.807, 2.05) is 0 Å². The molecule has 1 aliphatic heterocycles. The van der Waals surface area contributed by atoms with Crippen LogP contribution in [0.5, 0.6) is 0 Å². The van der Waals surface area contributed by atoms with Gasteiger partial charge in [0.1, 0.15) is 5.15 Å². The Kier molecular flexibility index (Phi) is 2.78. The van der Waals surface area contributed by atoms with Crippen molar-refractivity contribution in [2.24, 2.45) is 11.7 Å². The maximum Gasteiger partial charge on any atom is 0.227 e. The summed E-state index contributed by atoms with van der Waals surface area (Å²) >= 11 is 5.73. The molecule has 0 radical (unpaired) electrons. The van der Waals surface area contributed by atoms with Gasteiger partial charge >= 0.3 is 0 Å². The van der Waals surface area contributed by atoms with Crippen LogP contribution < -0.4 is 10.6 Å². The van der Waals surface area contributed by atoms with E-state index in [9.17, 15) is 9.59 Å². The highest BCUT2D eigenvalue weighted by Gasteiger charge is 2.33. The molecule has 1 atom stereocenters. The standard InChI is InChI=1S/C10H10ClN3O2/c11-8-4-7(1-2-13-8)14-5-6(10(12)16)3-9(14)15/h1-2,4,6H,3,5H2,(H2,12,16). The van der Waals surface area contributed by atoms with E-state index in [1.165, 1.54) is 11.1 Å². The van der Waals surface area contributed by atoms with Crippen LogP contribution in [-0.4, -0.2) is 23.3 Å². The molecular formula is C10H10ClN3O2. The van der Waals surface area contributed by atoms with Crippen LogP contribution in [0.2, 0.25) is 5.15 Å². The number of hydrogen-bond acceptors (Lipinski definition) is 3. The first-order valence-electron chi connectivity index (χ1n) is 4.79. The maximum atomic E-state index is 11.7. The van der Waals surface area contributed by atoms with Crippen LogP contribution in [0.25, 0.3) is 0 Å². The van der Waals surface area contributed by atoms with Crippen LogP contribution in [0, 0.1) is 5.92 Å². The maximum absolute atomic E-state index is 11.7. The van der Waals surface area contributed by atoms with E-state index in [1.54, 1.807) is 12.1 Å². The lowest BCUT2D eigenvalue weighted by atomic mass is 10.1. The normalized spacial score (nSPS) is 20.2. The van der Waals surface area contributed by atoms with Crippen LogP contribution >= 0.6 is 11.6 Å². The Hall–Kier alpha value is -1.62. The zero-order chi connectivity index (χ0) is 11.7. The average Bonchev–Trinajstić information content (AvgIpc) is 2.60. The number of primary amides is 1. The Balaban J connectivity index is 2.23. The van der Waals surface area contributed by atoms with Crippen molar-refractivity contribution in [2.75, 3.05) is 11.4 Å². The van der Waals surface area contributed by atoms with E-state index >= 15 is 0 Å². The molecule has 2 rings (SSSR count). The molecule has 2 N–H and O–H groups in total. The van der Waals surface area contributed by atoms with Crippen molar-refractivity contribution in [2.45, 2.75) is 6.42 Å². The van der Waals surface area contributed by atoms with Gasteiger partial charge in [-0.25, -0.2) is 4.98 Å². The highest BCUT2D eigenvalue weighted by atomic mass is 35.5. The molecule has 1 unspecified atom stereocenters. The summed E-state index contributed by atoms with van der Waals surface area (Å²) in [5, 5.41) is 0.313. The number of rotatable bonds is 2. The van der Waals surface area contributed by atoms with Gasteiger partial charge in [-0.1, -0.05) is 11.6 Å². The second-order valence-electron chi connectivity index (χ2n) is 3.64. The van der Waals surface area contributed by atoms with Gasteiger partial charge in [0.25, 0.3) is 0 Å². The van der Waals surface area contributed by atoms with E-state index in [4.69, 9.17) is 17.3 Å². The summed E-state index contributed by atoms with van der Waals surface area (Å²) in [6, 6.07) is 3.26. The number of aromatic nitrogens is 1. The Morgan fingerprint density at radius 1 is 1.62 bits per heavy atom. The molecule has 1 aromatic rings. The Labute approximate surface area is 97.2 Å². The molecular weight excluding hydrogens is 230 g/mol. The topological polar surface area (TPSA) is 76.3 Å². The number of anilines is 1. The lowest BCUT2D eigenvalue weighted by Crippen LogP contribution is -2.28. The van der Waals surface area contributed by atoms with Gasteiger partial charge in [0, 0.05) is 24.8 Å². The van der Waals surface area contributed by atoms with Gasteiger partial charge < -0.3 is 10.6 Å². The van der Waals surface area contributed by atoms with Gasteiger partial charge in [0.2, 0.25) is 11.8 Å². The molecule has 16 heavy (non-hydrogen) atoms. The van der Waals surface area contributed by atoms with Crippen molar-refractivity contribution in [3.63, 3.8) is 0 Å². The average molecular weight is 240 g/mol. The minimum atomic E-state index is -0.448. The quantitative estimate of drug-likeness (QED) is 0.767. The molecule has 1 saturated heterocycles. The largest absolute Gasteiger partial charge is 0.369 e. The molecule has 2 amide bonds. The summed E-state index contributed by atoms with van der Waals surface area (Å²) in [7, 11) is 0. The van der Waals surface area contributed by atoms with E-state index in [0.29, 0.717) is 17.4 Å². The molecule has 2 heterocycles. The molecule has 6 heteroatoms. The van der Waals surface area contributed by atoms with Gasteiger partial charge in [-0.15, -0.1) is 0 Å². The zero-order valence-corrected chi connectivity index (χ0v) is 9.15. The Bertz CT molecular complexity index is 449. The summed E-state index contributed by atoms with van der Waals surface area (Å²) in [6.07, 6.45) is 1.68. The number of carbonyl (C=O) groups excluding carboxylic acids is 2. The molecule has 84 valence electrons. The molecule has 0 aliphatic carbocycles. The van der Waals surface area contributed by atoms with Crippen molar-refractivity contribution in [1.29, 1.82) is 0 Å².